The average molecular weight is 360 g/mol. The van der Waals surface area contributed by atoms with Crippen LogP contribution in [0.4, 0.5) is 4.79 Å². The Morgan fingerprint density at radius 2 is 1.77 bits per heavy atom. The van der Waals surface area contributed by atoms with Gasteiger partial charge in [-0.15, -0.1) is 0 Å². The van der Waals surface area contributed by atoms with E-state index in [1.165, 1.54) is 5.56 Å². The maximum atomic E-state index is 13.1. The molecular formula is C22H33NO3. The van der Waals surface area contributed by atoms with Crippen molar-refractivity contribution in [2.75, 3.05) is 6.61 Å². The number of hydrogen-bond acceptors (Lipinski definition) is 3. The van der Waals surface area contributed by atoms with Crippen molar-refractivity contribution in [1.29, 1.82) is 0 Å². The zero-order valence-electron chi connectivity index (χ0n) is 17.0. The lowest BCUT2D eigenvalue weighted by Gasteiger charge is -2.38. The second-order valence-electron chi connectivity index (χ2n) is 9.83. The lowest BCUT2D eigenvalue weighted by atomic mass is 9.89. The van der Waals surface area contributed by atoms with Crippen LogP contribution in [0.2, 0.25) is 0 Å². The topological polar surface area (TPSA) is 38.8 Å². The number of benzene rings is 1. The molecule has 1 saturated carbocycles. The maximum Gasteiger partial charge on any atom is 0.412 e. The van der Waals surface area contributed by atoms with Crippen LogP contribution in [-0.4, -0.2) is 35.0 Å². The van der Waals surface area contributed by atoms with Crippen LogP contribution in [0.3, 0.4) is 0 Å². The van der Waals surface area contributed by atoms with E-state index in [1.807, 2.05) is 33.8 Å². The maximum absolute atomic E-state index is 13.1. The molecule has 26 heavy (non-hydrogen) atoms. The van der Waals surface area contributed by atoms with Gasteiger partial charge in [-0.1, -0.05) is 44.2 Å². The summed E-state index contributed by atoms with van der Waals surface area (Å²) in [5, 5.41) is 0. The monoisotopic (exact) mass is 359 g/mol. The van der Waals surface area contributed by atoms with Crippen LogP contribution in [0.25, 0.3) is 0 Å². The number of nitrogens with zero attached hydrogens (tertiary/aromatic N) is 1. The van der Waals surface area contributed by atoms with E-state index in [1.54, 1.807) is 4.90 Å². The molecule has 3 rings (SSSR count). The lowest BCUT2D eigenvalue weighted by molar-refractivity contribution is -0.0615. The molecule has 0 radical (unpaired) electrons. The van der Waals surface area contributed by atoms with E-state index in [0.29, 0.717) is 12.5 Å². The summed E-state index contributed by atoms with van der Waals surface area (Å²) < 4.78 is 11.9. The van der Waals surface area contributed by atoms with Gasteiger partial charge < -0.3 is 9.47 Å². The molecule has 0 aromatic heterocycles. The van der Waals surface area contributed by atoms with E-state index < -0.39 is 5.72 Å². The van der Waals surface area contributed by atoms with E-state index in [2.05, 4.69) is 38.1 Å². The first-order chi connectivity index (χ1) is 12.0. The highest BCUT2D eigenvalue weighted by Crippen LogP contribution is 2.45. The van der Waals surface area contributed by atoms with E-state index in [9.17, 15) is 4.79 Å². The second-order valence-corrected chi connectivity index (χ2v) is 9.83. The Morgan fingerprint density at radius 1 is 1.12 bits per heavy atom. The van der Waals surface area contributed by atoms with E-state index in [4.69, 9.17) is 9.47 Å². The molecule has 1 aromatic rings. The van der Waals surface area contributed by atoms with Crippen molar-refractivity contribution in [2.24, 2.45) is 11.3 Å². The van der Waals surface area contributed by atoms with Gasteiger partial charge in [0.15, 0.2) is 0 Å². The normalized spacial score (nSPS) is 28.9. The predicted octanol–water partition coefficient (Wildman–Crippen LogP) is 5.02. The molecular weight excluding hydrogens is 326 g/mol. The molecule has 0 unspecified atom stereocenters. The number of amides is 1. The molecule has 1 aliphatic carbocycles. The van der Waals surface area contributed by atoms with Gasteiger partial charge in [0.2, 0.25) is 0 Å². The van der Waals surface area contributed by atoms with Crippen molar-refractivity contribution in [3.63, 3.8) is 0 Å². The minimum absolute atomic E-state index is 0.0510. The highest BCUT2D eigenvalue weighted by atomic mass is 16.6. The summed E-state index contributed by atoms with van der Waals surface area (Å²) in [6.45, 7) is 13.0. The van der Waals surface area contributed by atoms with Crippen LogP contribution in [-0.2, 0) is 15.9 Å². The van der Waals surface area contributed by atoms with Gasteiger partial charge in [0.1, 0.15) is 11.8 Å². The first-order valence-corrected chi connectivity index (χ1v) is 9.69. The fourth-order valence-electron chi connectivity index (χ4n) is 4.75. The molecule has 4 nitrogen and oxygen atoms in total. The van der Waals surface area contributed by atoms with Crippen molar-refractivity contribution in [1.82, 2.24) is 4.90 Å². The van der Waals surface area contributed by atoms with Gasteiger partial charge in [0, 0.05) is 5.92 Å². The molecule has 4 heteroatoms. The van der Waals surface area contributed by atoms with Crippen molar-refractivity contribution >= 4 is 6.09 Å². The molecule has 144 valence electrons. The van der Waals surface area contributed by atoms with Crippen LogP contribution in [0, 0.1) is 11.3 Å². The van der Waals surface area contributed by atoms with Crippen LogP contribution in [0.15, 0.2) is 30.3 Å². The third kappa shape index (κ3) is 3.90. The number of hydrogen-bond donors (Lipinski definition) is 0. The van der Waals surface area contributed by atoms with E-state index in [-0.39, 0.29) is 23.2 Å². The van der Waals surface area contributed by atoms with Crippen molar-refractivity contribution in [3.05, 3.63) is 35.9 Å². The van der Waals surface area contributed by atoms with Crippen LogP contribution in [0.5, 0.6) is 0 Å². The van der Waals surface area contributed by atoms with Gasteiger partial charge in [-0.05, 0) is 57.9 Å². The Kier molecular flexibility index (Phi) is 4.85. The minimum Gasteiger partial charge on any atom is -0.446 e. The largest absolute Gasteiger partial charge is 0.446 e. The fraction of sp³-hybridized carbons (Fsp3) is 0.682. The molecule has 0 N–H and O–H groups in total. The van der Waals surface area contributed by atoms with Crippen LogP contribution in [0.1, 0.15) is 59.9 Å². The zero-order chi connectivity index (χ0) is 19.2. The molecule has 0 spiro atoms. The summed E-state index contributed by atoms with van der Waals surface area (Å²) in [6.07, 6.45) is 2.63. The molecule has 1 aromatic carbocycles. The van der Waals surface area contributed by atoms with Crippen molar-refractivity contribution in [2.45, 2.75) is 78.2 Å². The van der Waals surface area contributed by atoms with Gasteiger partial charge in [-0.2, -0.15) is 0 Å². The smallest absolute Gasteiger partial charge is 0.412 e. The first-order valence-electron chi connectivity index (χ1n) is 9.69. The lowest BCUT2D eigenvalue weighted by Crippen LogP contribution is -2.53. The van der Waals surface area contributed by atoms with Gasteiger partial charge in [-0.3, -0.25) is 4.90 Å². The molecule has 2 fully saturated rings. The number of ether oxygens (including phenoxy) is 2. The molecule has 1 saturated heterocycles. The molecule has 2 atom stereocenters. The quantitative estimate of drug-likeness (QED) is 0.761. The van der Waals surface area contributed by atoms with Gasteiger partial charge in [-0.25, -0.2) is 4.79 Å². The summed E-state index contributed by atoms with van der Waals surface area (Å²) in [5.74, 6) is 0.353. The second kappa shape index (κ2) is 6.56. The molecule has 1 heterocycles. The number of carbonyl (C=O) groups excluding carboxylic acids is 1. The molecule has 1 amide bonds. The summed E-state index contributed by atoms with van der Waals surface area (Å²) in [6, 6.07) is 10.5. The summed E-state index contributed by atoms with van der Waals surface area (Å²) in [7, 11) is 0. The molecule has 1 aliphatic heterocycles. The summed E-state index contributed by atoms with van der Waals surface area (Å²) in [4.78, 5) is 14.8. The Bertz CT molecular complexity index is 635. The van der Waals surface area contributed by atoms with Gasteiger partial charge >= 0.3 is 6.09 Å². The number of rotatable bonds is 3. The highest BCUT2D eigenvalue weighted by molar-refractivity contribution is 5.70. The average Bonchev–Trinajstić information content (AvgIpc) is 2.91. The van der Waals surface area contributed by atoms with Crippen LogP contribution >= 0.6 is 0 Å². The van der Waals surface area contributed by atoms with Crippen molar-refractivity contribution < 1.29 is 14.3 Å². The Hall–Kier alpha value is -1.55. The summed E-state index contributed by atoms with van der Waals surface area (Å²) >= 11 is 0. The molecule has 2 aliphatic rings. The Balaban J connectivity index is 1.75. The molecule has 0 bridgehead atoms. The van der Waals surface area contributed by atoms with E-state index in [0.717, 1.165) is 19.3 Å². The van der Waals surface area contributed by atoms with Gasteiger partial charge in [0.25, 0.3) is 0 Å². The fourth-order valence-corrected chi connectivity index (χ4v) is 4.75. The van der Waals surface area contributed by atoms with Crippen LogP contribution < -0.4 is 0 Å². The Morgan fingerprint density at radius 3 is 2.35 bits per heavy atom. The standard InChI is InChI=1S/C22H33NO3/c1-20(2)13-17(12-16-10-8-7-9-11-16)18(14-20)26-19(24)23-21(3,4)15-25-22(23,5)6/h7-11,17-18H,12-15H2,1-6H3/t17-,18-/m1/s1. The first kappa shape index (κ1) is 19.2. The third-order valence-electron chi connectivity index (χ3n) is 5.79. The Labute approximate surface area is 157 Å². The van der Waals surface area contributed by atoms with Crippen molar-refractivity contribution in [3.8, 4) is 0 Å². The summed E-state index contributed by atoms with van der Waals surface area (Å²) in [5.41, 5.74) is 0.505. The number of carbonyl (C=O) groups is 1. The zero-order valence-corrected chi connectivity index (χ0v) is 17.0. The highest BCUT2D eigenvalue weighted by Gasteiger charge is 2.51. The van der Waals surface area contributed by atoms with Gasteiger partial charge in [0.05, 0.1) is 12.1 Å². The predicted molar refractivity (Wildman–Crippen MR) is 103 cm³/mol. The third-order valence-corrected chi connectivity index (χ3v) is 5.79. The SMILES string of the molecule is CC1(C)C[C@@H](Cc2ccccc2)[C@H](OC(=O)N2C(C)(C)COC2(C)C)C1. The minimum atomic E-state index is -0.635. The van der Waals surface area contributed by atoms with E-state index >= 15 is 0 Å².